The van der Waals surface area contributed by atoms with E-state index < -0.39 is 0 Å². The van der Waals surface area contributed by atoms with Gasteiger partial charge in [-0.25, -0.2) is 0 Å². The molecule has 2 N–H and O–H groups in total. The summed E-state index contributed by atoms with van der Waals surface area (Å²) in [4.78, 5) is 0. The lowest BCUT2D eigenvalue weighted by Gasteiger charge is -2.09. The van der Waals surface area contributed by atoms with E-state index in [-0.39, 0.29) is 0 Å². The first-order valence-corrected chi connectivity index (χ1v) is 6.11. The molecule has 1 aromatic carbocycles. The molecule has 0 aliphatic rings. The van der Waals surface area contributed by atoms with Crippen LogP contribution >= 0.6 is 23.8 Å². The van der Waals surface area contributed by atoms with Crippen molar-refractivity contribution >= 4 is 34.7 Å². The lowest BCUT2D eigenvalue weighted by Crippen LogP contribution is -2.28. The lowest BCUT2D eigenvalue weighted by atomic mass is 10.2. The zero-order chi connectivity index (χ0) is 12.8. The molecule has 0 amide bonds. The zero-order valence-corrected chi connectivity index (χ0v) is 11.0. The van der Waals surface area contributed by atoms with E-state index in [0.29, 0.717) is 22.6 Å². The van der Waals surface area contributed by atoms with Gasteiger partial charge in [-0.1, -0.05) is 41.9 Å². The van der Waals surface area contributed by atoms with Gasteiger partial charge >= 0.3 is 0 Å². The third-order valence-electron chi connectivity index (χ3n) is 2.17. The topological polar surface area (TPSA) is 49.8 Å². The van der Waals surface area contributed by atoms with Crippen LogP contribution in [0.3, 0.4) is 0 Å². The highest BCUT2D eigenvalue weighted by molar-refractivity contribution is 7.80. The Morgan fingerprint density at radius 2 is 1.89 bits per heavy atom. The minimum absolute atomic E-state index is 0.351. The van der Waals surface area contributed by atoms with Crippen LogP contribution in [0.5, 0.6) is 0 Å². The highest BCUT2D eigenvalue weighted by Crippen LogP contribution is 2.05. The van der Waals surface area contributed by atoms with Crippen LogP contribution in [0.2, 0.25) is 5.15 Å². The van der Waals surface area contributed by atoms with Gasteiger partial charge < -0.3 is 10.6 Å². The minimum Gasteiger partial charge on any atom is -0.358 e. The van der Waals surface area contributed by atoms with Crippen LogP contribution in [0.1, 0.15) is 5.56 Å². The number of anilines is 1. The van der Waals surface area contributed by atoms with Crippen molar-refractivity contribution in [3.8, 4) is 0 Å². The Morgan fingerprint density at radius 1 is 1.11 bits per heavy atom. The molecule has 0 saturated heterocycles. The summed E-state index contributed by atoms with van der Waals surface area (Å²) < 4.78 is 0. The van der Waals surface area contributed by atoms with Crippen LogP contribution in [-0.4, -0.2) is 15.3 Å². The van der Waals surface area contributed by atoms with Crippen LogP contribution in [0.15, 0.2) is 42.5 Å². The van der Waals surface area contributed by atoms with E-state index in [0.717, 1.165) is 5.56 Å². The Bertz CT molecular complexity index is 515. The van der Waals surface area contributed by atoms with Gasteiger partial charge in [-0.15, -0.1) is 10.2 Å². The molecule has 0 radical (unpaired) electrons. The molecule has 18 heavy (non-hydrogen) atoms. The number of hydrogen-bond donors (Lipinski definition) is 2. The van der Waals surface area contributed by atoms with Gasteiger partial charge in [0.15, 0.2) is 16.1 Å². The molecule has 0 saturated carbocycles. The molecular formula is C12H11ClN4S. The van der Waals surface area contributed by atoms with Crippen LogP contribution in [0.25, 0.3) is 0 Å². The van der Waals surface area contributed by atoms with E-state index in [2.05, 4.69) is 20.8 Å². The number of nitrogens with one attached hydrogen (secondary N) is 2. The normalized spacial score (nSPS) is 9.83. The second kappa shape index (κ2) is 6.28. The molecule has 1 heterocycles. The van der Waals surface area contributed by atoms with Crippen LogP contribution in [0.4, 0.5) is 5.82 Å². The summed E-state index contributed by atoms with van der Waals surface area (Å²) in [7, 11) is 0. The molecule has 0 aliphatic carbocycles. The standard InChI is InChI=1S/C12H11ClN4S/c13-10-6-7-11(17-16-10)15-12(18)14-8-9-4-2-1-3-5-9/h1-7H,8H2,(H2,14,15,17,18). The fourth-order valence-corrected chi connectivity index (χ4v) is 1.60. The fraction of sp³-hybridized carbons (Fsp3) is 0.0833. The number of halogens is 1. The monoisotopic (exact) mass is 278 g/mol. The van der Waals surface area contributed by atoms with Crippen LogP contribution in [0, 0.1) is 0 Å². The summed E-state index contributed by atoms with van der Waals surface area (Å²) in [5, 5.41) is 14.4. The maximum atomic E-state index is 5.64. The molecule has 4 nitrogen and oxygen atoms in total. The molecule has 0 spiro atoms. The molecule has 0 unspecified atom stereocenters. The highest BCUT2D eigenvalue weighted by atomic mass is 35.5. The van der Waals surface area contributed by atoms with Crippen molar-refractivity contribution in [2.24, 2.45) is 0 Å². The van der Waals surface area contributed by atoms with Crippen molar-refractivity contribution in [1.82, 2.24) is 15.5 Å². The molecule has 0 aliphatic heterocycles. The van der Waals surface area contributed by atoms with Gasteiger partial charge in [-0.05, 0) is 29.9 Å². The number of nitrogens with zero attached hydrogens (tertiary/aromatic N) is 2. The largest absolute Gasteiger partial charge is 0.358 e. The van der Waals surface area contributed by atoms with Gasteiger partial charge in [-0.2, -0.15) is 0 Å². The lowest BCUT2D eigenvalue weighted by molar-refractivity contribution is 0.922. The predicted molar refractivity (Wildman–Crippen MR) is 76.5 cm³/mol. The minimum atomic E-state index is 0.351. The van der Waals surface area contributed by atoms with Gasteiger partial charge in [0.2, 0.25) is 0 Å². The quantitative estimate of drug-likeness (QED) is 0.846. The number of hydrogen-bond acceptors (Lipinski definition) is 3. The molecule has 2 aromatic rings. The SMILES string of the molecule is S=C(NCc1ccccc1)Nc1ccc(Cl)nn1. The first-order chi connectivity index (χ1) is 8.74. The number of aromatic nitrogens is 2. The van der Waals surface area contributed by atoms with Gasteiger partial charge in [0.1, 0.15) is 0 Å². The van der Waals surface area contributed by atoms with Gasteiger partial charge in [0.25, 0.3) is 0 Å². The van der Waals surface area contributed by atoms with Crippen molar-refractivity contribution in [3.63, 3.8) is 0 Å². The van der Waals surface area contributed by atoms with Crippen molar-refractivity contribution in [3.05, 3.63) is 53.2 Å². The molecule has 2 rings (SSSR count). The van der Waals surface area contributed by atoms with Crippen molar-refractivity contribution < 1.29 is 0 Å². The third-order valence-corrected chi connectivity index (χ3v) is 2.62. The van der Waals surface area contributed by atoms with E-state index >= 15 is 0 Å². The first kappa shape index (κ1) is 12.7. The second-order valence-corrected chi connectivity index (χ2v) is 4.33. The highest BCUT2D eigenvalue weighted by Gasteiger charge is 1.99. The van der Waals surface area contributed by atoms with E-state index in [9.17, 15) is 0 Å². The summed E-state index contributed by atoms with van der Waals surface area (Å²) >= 11 is 10.8. The Labute approximate surface area is 115 Å². The van der Waals surface area contributed by atoms with Crippen molar-refractivity contribution in [2.45, 2.75) is 6.54 Å². The summed E-state index contributed by atoms with van der Waals surface area (Å²) in [5.74, 6) is 0.560. The molecule has 0 atom stereocenters. The van der Waals surface area contributed by atoms with E-state index in [1.165, 1.54) is 0 Å². The summed E-state index contributed by atoms with van der Waals surface area (Å²) in [6.07, 6.45) is 0. The van der Waals surface area contributed by atoms with E-state index in [4.69, 9.17) is 23.8 Å². The first-order valence-electron chi connectivity index (χ1n) is 5.32. The van der Waals surface area contributed by atoms with Gasteiger partial charge in [-0.3, -0.25) is 0 Å². The average Bonchev–Trinajstić information content (AvgIpc) is 2.40. The fourth-order valence-electron chi connectivity index (χ4n) is 1.32. The Morgan fingerprint density at radius 3 is 2.56 bits per heavy atom. The zero-order valence-electron chi connectivity index (χ0n) is 9.43. The maximum Gasteiger partial charge on any atom is 0.172 e. The molecule has 92 valence electrons. The smallest absolute Gasteiger partial charge is 0.172 e. The Balaban J connectivity index is 1.84. The van der Waals surface area contributed by atoms with Gasteiger partial charge in [0.05, 0.1) is 0 Å². The Kier molecular flexibility index (Phi) is 4.44. The van der Waals surface area contributed by atoms with Crippen LogP contribution < -0.4 is 10.6 Å². The molecule has 0 fully saturated rings. The molecule has 6 heteroatoms. The van der Waals surface area contributed by atoms with E-state index in [1.807, 2.05) is 30.3 Å². The number of rotatable bonds is 3. The summed E-state index contributed by atoms with van der Waals surface area (Å²) in [5.41, 5.74) is 1.16. The molecule has 0 bridgehead atoms. The van der Waals surface area contributed by atoms with Crippen LogP contribution in [-0.2, 0) is 6.54 Å². The number of thiocarbonyl (C=S) groups is 1. The van der Waals surface area contributed by atoms with Crippen molar-refractivity contribution in [2.75, 3.05) is 5.32 Å². The second-order valence-electron chi connectivity index (χ2n) is 3.53. The third kappa shape index (κ3) is 3.94. The average molecular weight is 279 g/mol. The van der Waals surface area contributed by atoms with Crippen molar-refractivity contribution in [1.29, 1.82) is 0 Å². The Hall–Kier alpha value is -1.72. The summed E-state index contributed by atoms with van der Waals surface area (Å²) in [6, 6.07) is 13.4. The molecular weight excluding hydrogens is 268 g/mol. The predicted octanol–water partition coefficient (Wildman–Crippen LogP) is 2.62. The number of benzene rings is 1. The van der Waals surface area contributed by atoms with E-state index in [1.54, 1.807) is 12.1 Å². The maximum absolute atomic E-state index is 5.64. The summed E-state index contributed by atoms with van der Waals surface area (Å²) in [6.45, 7) is 0.660. The molecule has 1 aromatic heterocycles. The van der Waals surface area contributed by atoms with Gasteiger partial charge in [0, 0.05) is 6.54 Å².